The first-order chi connectivity index (χ1) is 10.3. The van der Waals surface area contributed by atoms with E-state index in [0.29, 0.717) is 17.1 Å². The fourth-order valence-electron chi connectivity index (χ4n) is 2.12. The number of para-hydroxylation sites is 1. The SMILES string of the molecule is COc1ccccc1C=CC(=O)c1ccc2c(c1)OCO2. The highest BCUT2D eigenvalue weighted by atomic mass is 16.7. The van der Waals surface area contributed by atoms with Crippen LogP contribution in [0.5, 0.6) is 17.2 Å². The smallest absolute Gasteiger partial charge is 0.231 e. The van der Waals surface area contributed by atoms with E-state index < -0.39 is 0 Å². The average molecular weight is 282 g/mol. The maximum Gasteiger partial charge on any atom is 0.231 e. The Labute approximate surface area is 122 Å². The molecule has 3 rings (SSSR count). The van der Waals surface area contributed by atoms with Crippen LogP contribution in [-0.4, -0.2) is 19.7 Å². The minimum absolute atomic E-state index is 0.0980. The first-order valence-corrected chi connectivity index (χ1v) is 6.53. The van der Waals surface area contributed by atoms with Crippen LogP contribution in [0.25, 0.3) is 6.08 Å². The van der Waals surface area contributed by atoms with E-state index in [0.717, 1.165) is 11.3 Å². The number of carbonyl (C=O) groups is 1. The molecule has 2 aromatic carbocycles. The molecular formula is C17H14O4. The quantitative estimate of drug-likeness (QED) is 0.637. The van der Waals surface area contributed by atoms with E-state index in [-0.39, 0.29) is 12.6 Å². The number of hydrogen-bond acceptors (Lipinski definition) is 4. The van der Waals surface area contributed by atoms with E-state index in [9.17, 15) is 4.79 Å². The van der Waals surface area contributed by atoms with Crippen molar-refractivity contribution in [2.24, 2.45) is 0 Å². The number of benzene rings is 2. The molecule has 2 aromatic rings. The molecule has 21 heavy (non-hydrogen) atoms. The molecule has 0 aliphatic carbocycles. The van der Waals surface area contributed by atoms with Crippen LogP contribution < -0.4 is 14.2 Å². The van der Waals surface area contributed by atoms with Crippen LogP contribution in [0.2, 0.25) is 0 Å². The van der Waals surface area contributed by atoms with Crippen molar-refractivity contribution < 1.29 is 19.0 Å². The van der Waals surface area contributed by atoms with Crippen LogP contribution in [0.15, 0.2) is 48.5 Å². The third kappa shape index (κ3) is 2.74. The molecule has 0 unspecified atom stereocenters. The Morgan fingerprint density at radius 3 is 2.81 bits per heavy atom. The molecular weight excluding hydrogens is 268 g/mol. The minimum Gasteiger partial charge on any atom is -0.496 e. The zero-order valence-electron chi connectivity index (χ0n) is 11.5. The fraction of sp³-hybridized carbons (Fsp3) is 0.118. The number of ketones is 1. The average Bonchev–Trinajstić information content (AvgIpc) is 3.00. The van der Waals surface area contributed by atoms with Crippen molar-refractivity contribution in [3.63, 3.8) is 0 Å². The summed E-state index contributed by atoms with van der Waals surface area (Å²) in [5, 5.41) is 0. The number of rotatable bonds is 4. The van der Waals surface area contributed by atoms with Gasteiger partial charge in [-0.25, -0.2) is 0 Å². The molecule has 106 valence electrons. The third-order valence-corrected chi connectivity index (χ3v) is 3.21. The molecule has 0 bridgehead atoms. The lowest BCUT2D eigenvalue weighted by Crippen LogP contribution is -1.95. The van der Waals surface area contributed by atoms with Crippen molar-refractivity contribution >= 4 is 11.9 Å². The van der Waals surface area contributed by atoms with Crippen LogP contribution in [0.4, 0.5) is 0 Å². The van der Waals surface area contributed by atoms with Crippen molar-refractivity contribution in [1.29, 1.82) is 0 Å². The highest BCUT2D eigenvalue weighted by Crippen LogP contribution is 2.32. The second-order valence-electron chi connectivity index (χ2n) is 4.51. The van der Waals surface area contributed by atoms with Crippen molar-refractivity contribution in [2.45, 2.75) is 0 Å². The molecule has 0 fully saturated rings. The van der Waals surface area contributed by atoms with E-state index in [1.165, 1.54) is 6.08 Å². The highest BCUT2D eigenvalue weighted by molar-refractivity contribution is 6.07. The van der Waals surface area contributed by atoms with Gasteiger partial charge in [0.15, 0.2) is 17.3 Å². The van der Waals surface area contributed by atoms with E-state index >= 15 is 0 Å². The van der Waals surface area contributed by atoms with Gasteiger partial charge in [0.05, 0.1) is 7.11 Å². The van der Waals surface area contributed by atoms with Gasteiger partial charge in [0, 0.05) is 11.1 Å². The van der Waals surface area contributed by atoms with E-state index in [4.69, 9.17) is 14.2 Å². The topological polar surface area (TPSA) is 44.8 Å². The summed E-state index contributed by atoms with van der Waals surface area (Å²) < 4.78 is 15.7. The number of methoxy groups -OCH3 is 1. The van der Waals surface area contributed by atoms with Crippen LogP contribution in [0, 0.1) is 0 Å². The summed E-state index contributed by atoms with van der Waals surface area (Å²) in [5.74, 6) is 1.90. The summed E-state index contributed by atoms with van der Waals surface area (Å²) in [7, 11) is 1.60. The molecule has 0 atom stereocenters. The van der Waals surface area contributed by atoms with Gasteiger partial charge in [-0.1, -0.05) is 18.2 Å². The first-order valence-electron chi connectivity index (χ1n) is 6.53. The van der Waals surface area contributed by atoms with Gasteiger partial charge >= 0.3 is 0 Å². The summed E-state index contributed by atoms with van der Waals surface area (Å²) in [6, 6.07) is 12.7. The predicted molar refractivity (Wildman–Crippen MR) is 78.9 cm³/mol. The fourth-order valence-corrected chi connectivity index (χ4v) is 2.12. The molecule has 4 nitrogen and oxygen atoms in total. The van der Waals surface area contributed by atoms with Crippen molar-refractivity contribution in [3.05, 3.63) is 59.7 Å². The lowest BCUT2D eigenvalue weighted by Gasteiger charge is -2.03. The van der Waals surface area contributed by atoms with Gasteiger partial charge in [-0.2, -0.15) is 0 Å². The molecule has 0 saturated heterocycles. The Morgan fingerprint density at radius 2 is 1.95 bits per heavy atom. The molecule has 1 aliphatic heterocycles. The van der Waals surface area contributed by atoms with Crippen molar-refractivity contribution in [3.8, 4) is 17.2 Å². The maximum atomic E-state index is 12.2. The zero-order valence-corrected chi connectivity index (χ0v) is 11.5. The van der Waals surface area contributed by atoms with Gasteiger partial charge in [0.1, 0.15) is 5.75 Å². The summed E-state index contributed by atoms with van der Waals surface area (Å²) in [4.78, 5) is 12.2. The van der Waals surface area contributed by atoms with Gasteiger partial charge in [-0.3, -0.25) is 4.79 Å². The van der Waals surface area contributed by atoms with Gasteiger partial charge in [-0.05, 0) is 36.4 Å². The summed E-state index contributed by atoms with van der Waals surface area (Å²) >= 11 is 0. The summed E-state index contributed by atoms with van der Waals surface area (Å²) in [6.07, 6.45) is 3.27. The monoisotopic (exact) mass is 282 g/mol. The Kier molecular flexibility index (Phi) is 3.60. The Hall–Kier alpha value is -2.75. The molecule has 4 heteroatoms. The van der Waals surface area contributed by atoms with Gasteiger partial charge < -0.3 is 14.2 Å². The molecule has 1 heterocycles. The number of fused-ring (bicyclic) bond motifs is 1. The predicted octanol–water partition coefficient (Wildman–Crippen LogP) is 3.32. The van der Waals surface area contributed by atoms with E-state index in [2.05, 4.69) is 0 Å². The van der Waals surface area contributed by atoms with Crippen LogP contribution in [-0.2, 0) is 0 Å². The summed E-state index contributed by atoms with van der Waals surface area (Å²) in [6.45, 7) is 0.198. The molecule has 0 N–H and O–H groups in total. The molecule has 1 aliphatic rings. The number of hydrogen-bond donors (Lipinski definition) is 0. The van der Waals surface area contributed by atoms with Crippen LogP contribution >= 0.6 is 0 Å². The van der Waals surface area contributed by atoms with Crippen LogP contribution in [0.1, 0.15) is 15.9 Å². The first kappa shape index (κ1) is 13.2. The van der Waals surface area contributed by atoms with Crippen molar-refractivity contribution in [2.75, 3.05) is 13.9 Å². The second-order valence-corrected chi connectivity index (χ2v) is 4.51. The summed E-state index contributed by atoms with van der Waals surface area (Å²) in [5.41, 5.74) is 1.42. The highest BCUT2D eigenvalue weighted by Gasteiger charge is 2.15. The van der Waals surface area contributed by atoms with Crippen molar-refractivity contribution in [1.82, 2.24) is 0 Å². The minimum atomic E-state index is -0.0980. The van der Waals surface area contributed by atoms with E-state index in [1.54, 1.807) is 31.4 Å². The lowest BCUT2D eigenvalue weighted by atomic mass is 10.1. The van der Waals surface area contributed by atoms with E-state index in [1.807, 2.05) is 24.3 Å². The Balaban J connectivity index is 1.81. The standard InChI is InChI=1S/C17H14O4/c1-19-15-5-3-2-4-12(15)6-8-14(18)13-7-9-16-17(10-13)21-11-20-16/h2-10H,11H2,1H3. The molecule has 0 amide bonds. The lowest BCUT2D eigenvalue weighted by molar-refractivity contribution is 0.104. The Morgan fingerprint density at radius 1 is 1.14 bits per heavy atom. The molecule has 0 radical (unpaired) electrons. The van der Waals surface area contributed by atoms with Gasteiger partial charge in [0.2, 0.25) is 6.79 Å². The normalized spacial score (nSPS) is 12.6. The third-order valence-electron chi connectivity index (χ3n) is 3.21. The number of carbonyl (C=O) groups excluding carboxylic acids is 1. The molecule has 0 spiro atoms. The second kappa shape index (κ2) is 5.71. The van der Waals surface area contributed by atoms with Gasteiger partial charge in [-0.15, -0.1) is 0 Å². The molecule has 0 saturated carbocycles. The Bertz CT molecular complexity index is 704. The van der Waals surface area contributed by atoms with Crippen LogP contribution in [0.3, 0.4) is 0 Å². The largest absolute Gasteiger partial charge is 0.496 e. The molecule has 0 aromatic heterocycles. The number of ether oxygens (including phenoxy) is 3. The zero-order chi connectivity index (χ0) is 14.7. The number of allylic oxidation sites excluding steroid dienone is 1. The van der Waals surface area contributed by atoms with Gasteiger partial charge in [0.25, 0.3) is 0 Å². The maximum absolute atomic E-state index is 12.2.